The highest BCUT2D eigenvalue weighted by Crippen LogP contribution is 2.24. The monoisotopic (exact) mass is 386 g/mol. The van der Waals surface area contributed by atoms with E-state index in [1.54, 1.807) is 19.3 Å². The molecule has 29 heavy (non-hydrogen) atoms. The summed E-state index contributed by atoms with van der Waals surface area (Å²) >= 11 is 0. The fourth-order valence-corrected chi connectivity index (χ4v) is 3.13. The molecule has 1 aromatic heterocycles. The summed E-state index contributed by atoms with van der Waals surface area (Å²) in [4.78, 5) is 8.99. The zero-order chi connectivity index (χ0) is 20.5. The van der Waals surface area contributed by atoms with Crippen LogP contribution < -0.4 is 0 Å². The van der Waals surface area contributed by atoms with Gasteiger partial charge in [-0.25, -0.2) is 4.39 Å². The van der Waals surface area contributed by atoms with Gasteiger partial charge in [0.1, 0.15) is 0 Å². The molecule has 1 heterocycles. The number of benzene rings is 2. The lowest BCUT2D eigenvalue weighted by molar-refractivity contribution is 0.335. The van der Waals surface area contributed by atoms with Crippen LogP contribution in [0.15, 0.2) is 79.7 Å². The Labute approximate surface area is 172 Å². The minimum atomic E-state index is -0.731. The maximum atomic E-state index is 12.8. The quantitative estimate of drug-likeness (QED) is 0.290. The third-order valence-corrected chi connectivity index (χ3v) is 4.78. The molecule has 2 nitrogen and oxygen atoms in total. The topological polar surface area (TPSA) is 25.8 Å². The number of rotatable bonds is 9. The van der Waals surface area contributed by atoms with Crippen LogP contribution in [-0.4, -0.2) is 16.1 Å². The highest BCUT2D eigenvalue weighted by Gasteiger charge is 2.03. The lowest BCUT2D eigenvalue weighted by atomic mass is 10.0. The average Bonchev–Trinajstić information content (AvgIpc) is 2.75. The Morgan fingerprint density at radius 1 is 0.931 bits per heavy atom. The number of hydrogen-bond acceptors (Lipinski definition) is 2. The zero-order valence-electron chi connectivity index (χ0n) is 16.9. The number of allylic oxidation sites excluding steroid dienone is 2. The molecule has 0 bridgehead atoms. The van der Waals surface area contributed by atoms with Gasteiger partial charge in [0.2, 0.25) is 0 Å². The van der Waals surface area contributed by atoms with E-state index in [1.165, 1.54) is 16.7 Å². The number of hydrogen-bond donors (Lipinski definition) is 0. The van der Waals surface area contributed by atoms with E-state index in [4.69, 9.17) is 0 Å². The Morgan fingerprint density at radius 3 is 2.17 bits per heavy atom. The van der Waals surface area contributed by atoms with Crippen LogP contribution in [-0.2, 0) is 6.42 Å². The fraction of sp³-hybridized carbons (Fsp3) is 0.231. The zero-order valence-corrected chi connectivity index (χ0v) is 16.9. The Balaban J connectivity index is 1.62. The van der Waals surface area contributed by atoms with Crippen LogP contribution in [0.2, 0.25) is 0 Å². The molecule has 148 valence electrons. The lowest BCUT2D eigenvalue weighted by Crippen LogP contribution is -1.90. The van der Waals surface area contributed by atoms with Gasteiger partial charge in [0.25, 0.3) is 0 Å². The van der Waals surface area contributed by atoms with Gasteiger partial charge in [-0.05, 0) is 55.4 Å². The van der Waals surface area contributed by atoms with Crippen LogP contribution in [0.5, 0.6) is 0 Å². The molecule has 0 saturated heterocycles. The van der Waals surface area contributed by atoms with Crippen LogP contribution in [0, 0.1) is 0 Å². The van der Waals surface area contributed by atoms with Gasteiger partial charge < -0.3 is 0 Å². The Kier molecular flexibility index (Phi) is 7.46. The largest absolute Gasteiger partial charge is 0.253 e. The summed E-state index contributed by atoms with van der Waals surface area (Å²) in [7, 11) is 0. The number of alkyl halides is 1. The Bertz CT molecular complexity index is 924. The molecule has 3 aromatic rings. The second-order valence-electron chi connectivity index (χ2n) is 7.21. The number of halogens is 1. The van der Waals surface area contributed by atoms with Crippen molar-refractivity contribution in [2.45, 2.75) is 38.8 Å². The second kappa shape index (κ2) is 10.5. The smallest absolute Gasteiger partial charge is 0.0973 e. The van der Waals surface area contributed by atoms with Crippen LogP contribution in [0.3, 0.4) is 0 Å². The van der Waals surface area contributed by atoms with E-state index in [9.17, 15) is 4.39 Å². The normalized spacial score (nSPS) is 12.2. The van der Waals surface area contributed by atoms with Crippen molar-refractivity contribution in [3.8, 4) is 22.4 Å². The van der Waals surface area contributed by atoms with E-state index in [0.717, 1.165) is 36.2 Å². The first kappa shape index (κ1) is 20.7. The number of unbranched alkanes of at least 4 members (excludes halogenated alkanes) is 1. The van der Waals surface area contributed by atoms with Crippen molar-refractivity contribution in [2.75, 3.05) is 0 Å². The van der Waals surface area contributed by atoms with E-state index < -0.39 is 6.17 Å². The highest BCUT2D eigenvalue weighted by molar-refractivity contribution is 5.68. The van der Waals surface area contributed by atoms with E-state index in [1.807, 2.05) is 18.2 Å². The summed E-state index contributed by atoms with van der Waals surface area (Å²) in [6.45, 7) is 5.38. The predicted molar refractivity (Wildman–Crippen MR) is 120 cm³/mol. The van der Waals surface area contributed by atoms with Gasteiger partial charge in [-0.2, -0.15) is 0 Å². The molecule has 0 saturated carbocycles. The van der Waals surface area contributed by atoms with Crippen LogP contribution >= 0.6 is 0 Å². The number of aromatic nitrogens is 2. The summed E-state index contributed by atoms with van der Waals surface area (Å²) < 4.78 is 12.8. The molecule has 0 aliphatic heterocycles. The van der Waals surface area contributed by atoms with Crippen molar-refractivity contribution in [3.63, 3.8) is 0 Å². The fourth-order valence-electron chi connectivity index (χ4n) is 3.13. The van der Waals surface area contributed by atoms with Crippen molar-refractivity contribution >= 4 is 6.08 Å². The van der Waals surface area contributed by atoms with Crippen molar-refractivity contribution in [1.29, 1.82) is 0 Å². The minimum absolute atomic E-state index is 0.601. The molecule has 1 atom stereocenters. The van der Waals surface area contributed by atoms with Crippen LogP contribution in [0.25, 0.3) is 28.5 Å². The Hall–Kier alpha value is -3.07. The summed E-state index contributed by atoms with van der Waals surface area (Å²) in [5, 5.41) is 0. The SMILES string of the molecule is C=CCc1ccc(-c2ccc(-c3cnc(/C=C/CCCC(C)F)cn3)cc2)cc1. The average molecular weight is 387 g/mol. The molecule has 1 unspecified atom stereocenters. The summed E-state index contributed by atoms with van der Waals surface area (Å²) in [5.74, 6) is 0. The van der Waals surface area contributed by atoms with E-state index >= 15 is 0 Å². The first-order valence-corrected chi connectivity index (χ1v) is 10.1. The molecule has 0 radical (unpaired) electrons. The molecule has 0 spiro atoms. The van der Waals surface area contributed by atoms with Gasteiger partial charge in [0.05, 0.1) is 30.0 Å². The molecule has 0 aliphatic rings. The van der Waals surface area contributed by atoms with Crippen LogP contribution in [0.4, 0.5) is 4.39 Å². The molecular formula is C26H27FN2. The van der Waals surface area contributed by atoms with Crippen molar-refractivity contribution in [1.82, 2.24) is 9.97 Å². The molecule has 3 heteroatoms. The summed E-state index contributed by atoms with van der Waals surface area (Å²) in [6.07, 6.45) is 11.9. The standard InChI is InChI=1S/C26H27FN2/c1-3-7-21-10-12-22(13-11-21)23-14-16-24(17-15-23)26-19-28-25(18-29-26)9-6-4-5-8-20(2)27/h3,6,9-20H,1,4-5,7-8H2,2H3/b9-6+. The van der Waals surface area contributed by atoms with Crippen molar-refractivity contribution in [3.05, 3.63) is 90.9 Å². The maximum Gasteiger partial charge on any atom is 0.0973 e. The van der Waals surface area contributed by atoms with Gasteiger partial charge in [-0.3, -0.25) is 9.97 Å². The third kappa shape index (κ3) is 6.21. The minimum Gasteiger partial charge on any atom is -0.253 e. The summed E-state index contributed by atoms with van der Waals surface area (Å²) in [5.41, 5.74) is 6.34. The molecule has 2 aromatic carbocycles. The highest BCUT2D eigenvalue weighted by atomic mass is 19.1. The molecule has 0 amide bonds. The first-order chi connectivity index (χ1) is 14.2. The Morgan fingerprint density at radius 2 is 1.59 bits per heavy atom. The number of nitrogens with zero attached hydrogens (tertiary/aromatic N) is 2. The van der Waals surface area contributed by atoms with Gasteiger partial charge >= 0.3 is 0 Å². The van der Waals surface area contributed by atoms with Crippen molar-refractivity contribution < 1.29 is 4.39 Å². The molecule has 0 N–H and O–H groups in total. The third-order valence-electron chi connectivity index (χ3n) is 4.78. The van der Waals surface area contributed by atoms with Gasteiger partial charge in [0, 0.05) is 5.56 Å². The molecule has 0 aliphatic carbocycles. The van der Waals surface area contributed by atoms with E-state index in [-0.39, 0.29) is 0 Å². The first-order valence-electron chi connectivity index (χ1n) is 10.1. The van der Waals surface area contributed by atoms with Gasteiger partial charge in [-0.1, -0.05) is 60.7 Å². The molecule has 3 rings (SSSR count). The molecule has 0 fully saturated rings. The van der Waals surface area contributed by atoms with Crippen LogP contribution in [0.1, 0.15) is 37.4 Å². The van der Waals surface area contributed by atoms with Gasteiger partial charge in [-0.15, -0.1) is 6.58 Å². The summed E-state index contributed by atoms with van der Waals surface area (Å²) in [6, 6.07) is 16.9. The maximum absolute atomic E-state index is 12.8. The second-order valence-corrected chi connectivity index (χ2v) is 7.21. The van der Waals surface area contributed by atoms with E-state index in [2.05, 4.69) is 65.1 Å². The van der Waals surface area contributed by atoms with Gasteiger partial charge in [0.15, 0.2) is 0 Å². The lowest BCUT2D eigenvalue weighted by Gasteiger charge is -2.06. The van der Waals surface area contributed by atoms with E-state index in [0.29, 0.717) is 6.42 Å². The predicted octanol–water partition coefficient (Wildman–Crippen LogP) is 7.08. The molecular weight excluding hydrogens is 359 g/mol. The van der Waals surface area contributed by atoms with Crippen molar-refractivity contribution in [2.24, 2.45) is 0 Å².